The molecule has 0 amide bonds. The van der Waals surface area contributed by atoms with Gasteiger partial charge in [-0.3, -0.25) is 9.67 Å². The van der Waals surface area contributed by atoms with Gasteiger partial charge in [0.1, 0.15) is 12.2 Å². The Bertz CT molecular complexity index is 1110. The smallest absolute Gasteiger partial charge is 0.138 e. The van der Waals surface area contributed by atoms with E-state index in [9.17, 15) is 0 Å². The van der Waals surface area contributed by atoms with Crippen LogP contribution in [0.25, 0.3) is 0 Å². The maximum Gasteiger partial charge on any atom is 0.138 e. The van der Waals surface area contributed by atoms with Crippen LogP contribution in [0.1, 0.15) is 35.2 Å². The molecule has 1 unspecified atom stereocenters. The molecule has 4 heteroatoms. The average molecular weight is 419 g/mol. The molecule has 0 saturated heterocycles. The number of benzene rings is 3. The summed E-state index contributed by atoms with van der Waals surface area (Å²) in [5.41, 5.74) is 4.07. The van der Waals surface area contributed by atoms with Crippen molar-refractivity contribution in [1.82, 2.24) is 14.7 Å². The van der Waals surface area contributed by atoms with Crippen molar-refractivity contribution >= 4 is 6.21 Å². The first-order valence-electron chi connectivity index (χ1n) is 10.9. The van der Waals surface area contributed by atoms with Crippen molar-refractivity contribution in [2.75, 3.05) is 6.67 Å². The predicted molar refractivity (Wildman–Crippen MR) is 130 cm³/mol. The molecule has 1 atom stereocenters. The second kappa shape index (κ2) is 8.67. The number of aromatic nitrogens is 2. The van der Waals surface area contributed by atoms with Gasteiger partial charge in [0.05, 0.1) is 12.2 Å². The lowest BCUT2D eigenvalue weighted by atomic mass is 9.77. The molecule has 0 aliphatic carbocycles. The quantitative estimate of drug-likeness (QED) is 0.380. The number of hydrogen-bond acceptors (Lipinski definition) is 3. The van der Waals surface area contributed by atoms with Crippen molar-refractivity contribution in [2.24, 2.45) is 4.99 Å². The molecule has 2 heterocycles. The summed E-state index contributed by atoms with van der Waals surface area (Å²) in [6, 6.07) is 32.0. The van der Waals surface area contributed by atoms with Gasteiger partial charge in [-0.1, -0.05) is 91.0 Å². The minimum absolute atomic E-state index is 0.164. The molecule has 5 rings (SSSR count). The van der Waals surface area contributed by atoms with Gasteiger partial charge in [-0.05, 0) is 29.7 Å². The van der Waals surface area contributed by atoms with E-state index < -0.39 is 5.54 Å². The molecule has 3 aromatic carbocycles. The molecule has 1 aromatic heterocycles. The van der Waals surface area contributed by atoms with E-state index in [1.807, 2.05) is 18.5 Å². The third-order valence-electron chi connectivity index (χ3n) is 6.21. The van der Waals surface area contributed by atoms with Crippen LogP contribution in [0.2, 0.25) is 0 Å². The topological polar surface area (TPSA) is 33.4 Å². The van der Waals surface area contributed by atoms with E-state index in [1.54, 1.807) is 0 Å². The third kappa shape index (κ3) is 3.44. The Morgan fingerprint density at radius 2 is 1.31 bits per heavy atom. The second-order valence-corrected chi connectivity index (χ2v) is 8.03. The van der Waals surface area contributed by atoms with Crippen LogP contribution in [-0.2, 0) is 5.54 Å². The van der Waals surface area contributed by atoms with E-state index in [1.165, 1.54) is 16.7 Å². The van der Waals surface area contributed by atoms with Crippen LogP contribution in [-0.4, -0.2) is 27.6 Å². The fourth-order valence-corrected chi connectivity index (χ4v) is 4.51. The third-order valence-corrected chi connectivity index (χ3v) is 6.21. The first kappa shape index (κ1) is 20.0. The SMILES string of the molecule is CC(c1cnn(C(c2ccccc2)(c2ccccc2)c2ccccc2)c1)N1C=CC=NC1. The van der Waals surface area contributed by atoms with Gasteiger partial charge >= 0.3 is 0 Å². The molecular weight excluding hydrogens is 392 g/mol. The molecule has 0 N–H and O–H groups in total. The summed E-state index contributed by atoms with van der Waals surface area (Å²) in [5, 5.41) is 4.96. The van der Waals surface area contributed by atoms with Gasteiger partial charge in [-0.2, -0.15) is 5.10 Å². The zero-order chi connectivity index (χ0) is 21.8. The van der Waals surface area contributed by atoms with Gasteiger partial charge in [-0.25, -0.2) is 0 Å². The fraction of sp³-hybridized carbons (Fsp3) is 0.143. The molecule has 1 aliphatic heterocycles. The number of nitrogens with zero attached hydrogens (tertiary/aromatic N) is 4. The maximum atomic E-state index is 4.96. The Balaban J connectivity index is 1.72. The highest BCUT2D eigenvalue weighted by molar-refractivity contribution is 5.71. The Morgan fingerprint density at radius 1 is 0.781 bits per heavy atom. The lowest BCUT2D eigenvalue weighted by Crippen LogP contribution is -2.38. The van der Waals surface area contributed by atoms with E-state index in [-0.39, 0.29) is 6.04 Å². The molecule has 4 nitrogen and oxygen atoms in total. The zero-order valence-corrected chi connectivity index (χ0v) is 18.1. The summed E-state index contributed by atoms with van der Waals surface area (Å²) in [7, 11) is 0. The van der Waals surface area contributed by atoms with E-state index in [4.69, 9.17) is 5.10 Å². The molecule has 32 heavy (non-hydrogen) atoms. The molecule has 0 spiro atoms. The van der Waals surface area contributed by atoms with Gasteiger partial charge < -0.3 is 4.90 Å². The van der Waals surface area contributed by atoms with Crippen molar-refractivity contribution in [2.45, 2.75) is 18.5 Å². The molecule has 0 saturated carbocycles. The van der Waals surface area contributed by atoms with E-state index in [0.717, 1.165) is 5.56 Å². The fourth-order valence-electron chi connectivity index (χ4n) is 4.51. The monoisotopic (exact) mass is 418 g/mol. The van der Waals surface area contributed by atoms with E-state index in [2.05, 4.69) is 125 Å². The molecule has 4 aromatic rings. The summed E-state index contributed by atoms with van der Waals surface area (Å²) in [6.45, 7) is 2.85. The number of hydrogen-bond donors (Lipinski definition) is 0. The second-order valence-electron chi connectivity index (χ2n) is 8.03. The molecule has 0 bridgehead atoms. The highest BCUT2D eigenvalue weighted by Crippen LogP contribution is 2.40. The normalized spacial score (nSPS) is 14.5. The van der Waals surface area contributed by atoms with Crippen molar-refractivity contribution in [3.63, 3.8) is 0 Å². The van der Waals surface area contributed by atoms with Crippen LogP contribution in [0.4, 0.5) is 0 Å². The summed E-state index contributed by atoms with van der Waals surface area (Å²) in [4.78, 5) is 6.61. The van der Waals surface area contributed by atoms with E-state index in [0.29, 0.717) is 6.67 Å². The average Bonchev–Trinajstić information content (AvgIpc) is 3.37. The lowest BCUT2D eigenvalue weighted by molar-refractivity contribution is 0.305. The van der Waals surface area contributed by atoms with Crippen LogP contribution < -0.4 is 0 Å². The van der Waals surface area contributed by atoms with Crippen molar-refractivity contribution in [3.8, 4) is 0 Å². The summed E-state index contributed by atoms with van der Waals surface area (Å²) < 4.78 is 2.12. The summed E-state index contributed by atoms with van der Waals surface area (Å²) in [6.07, 6.45) is 10.1. The molecular formula is C28H26N4. The molecule has 158 valence electrons. The first-order chi connectivity index (χ1) is 15.8. The first-order valence-corrected chi connectivity index (χ1v) is 10.9. The largest absolute Gasteiger partial charge is 0.351 e. The van der Waals surface area contributed by atoms with Gasteiger partial charge in [0.25, 0.3) is 0 Å². The van der Waals surface area contributed by atoms with Crippen molar-refractivity contribution < 1.29 is 0 Å². The maximum absolute atomic E-state index is 4.96. The van der Waals surface area contributed by atoms with Gasteiger partial charge in [0.2, 0.25) is 0 Å². The van der Waals surface area contributed by atoms with Crippen LogP contribution in [0, 0.1) is 0 Å². The van der Waals surface area contributed by atoms with Crippen LogP contribution >= 0.6 is 0 Å². The summed E-state index contributed by atoms with van der Waals surface area (Å²) in [5.74, 6) is 0. The Hall–Kier alpha value is -3.92. The molecule has 1 aliphatic rings. The lowest BCUT2D eigenvalue weighted by Gasteiger charge is -2.36. The zero-order valence-electron chi connectivity index (χ0n) is 18.1. The van der Waals surface area contributed by atoms with Crippen molar-refractivity contribution in [1.29, 1.82) is 0 Å². The highest BCUT2D eigenvalue weighted by Gasteiger charge is 2.39. The van der Waals surface area contributed by atoms with Crippen LogP contribution in [0.15, 0.2) is 121 Å². The van der Waals surface area contributed by atoms with Gasteiger partial charge in [0, 0.05) is 24.2 Å². The minimum atomic E-state index is -0.586. The molecule has 0 fully saturated rings. The van der Waals surface area contributed by atoms with Gasteiger partial charge in [-0.15, -0.1) is 0 Å². The number of aliphatic imine (C=N–C) groups is 1. The Morgan fingerprint density at radius 3 is 1.78 bits per heavy atom. The standard InChI is InChI=1S/C28H26N4/c1-23(31-19-11-18-29-22-31)24-20-30-32(21-24)28(25-12-5-2-6-13-25,26-14-7-3-8-15-26)27-16-9-4-10-17-27/h2-21,23H,22H2,1H3. The highest BCUT2D eigenvalue weighted by atomic mass is 15.3. The number of rotatable bonds is 6. The molecule has 0 radical (unpaired) electrons. The van der Waals surface area contributed by atoms with E-state index >= 15 is 0 Å². The van der Waals surface area contributed by atoms with Gasteiger partial charge in [0.15, 0.2) is 0 Å². The predicted octanol–water partition coefficient (Wildman–Crippen LogP) is 5.64. The van der Waals surface area contributed by atoms with Crippen molar-refractivity contribution in [3.05, 3.63) is 138 Å². The minimum Gasteiger partial charge on any atom is -0.351 e. The Labute approximate surface area is 189 Å². The van der Waals surface area contributed by atoms with Crippen LogP contribution in [0.5, 0.6) is 0 Å². The summed E-state index contributed by atoms with van der Waals surface area (Å²) >= 11 is 0. The number of allylic oxidation sites excluding steroid dienone is 1. The Kier molecular flexibility index (Phi) is 5.42. The van der Waals surface area contributed by atoms with Crippen LogP contribution in [0.3, 0.4) is 0 Å².